The van der Waals surface area contributed by atoms with E-state index in [4.69, 9.17) is 27.7 Å². The van der Waals surface area contributed by atoms with Crippen LogP contribution in [0.4, 0.5) is 5.69 Å². The molecule has 1 saturated carbocycles. The number of thiophene rings is 1. The molecular formula is C30H31N5O3S. The molecule has 6 rings (SSSR count). The Bertz CT molecular complexity index is 1620. The van der Waals surface area contributed by atoms with E-state index in [1.54, 1.807) is 18.2 Å². The van der Waals surface area contributed by atoms with Crippen LogP contribution in [0.2, 0.25) is 0 Å². The lowest BCUT2D eigenvalue weighted by molar-refractivity contribution is -0.124. The van der Waals surface area contributed by atoms with Gasteiger partial charge in [-0.25, -0.2) is 0 Å². The molecule has 2 unspecified atom stereocenters. The average molecular weight is 542 g/mol. The molecule has 0 spiro atoms. The third-order valence-corrected chi connectivity index (χ3v) is 9.18. The van der Waals surface area contributed by atoms with E-state index in [0.29, 0.717) is 48.8 Å². The fourth-order valence-corrected chi connectivity index (χ4v) is 7.20. The highest BCUT2D eigenvalue weighted by molar-refractivity contribution is 7.21. The number of carbonyl (C=O) groups excluding carboxylic acids is 2. The summed E-state index contributed by atoms with van der Waals surface area (Å²) in [6, 6.07) is 17.4. The summed E-state index contributed by atoms with van der Waals surface area (Å²) in [5, 5.41) is 3.77. The smallest absolute Gasteiger partial charge is 0.261 e. The minimum Gasteiger partial charge on any atom is -0.457 e. The lowest BCUT2D eigenvalue weighted by Crippen LogP contribution is -2.53. The molecule has 0 bridgehead atoms. The van der Waals surface area contributed by atoms with Crippen LogP contribution in [0.25, 0.3) is 10.1 Å². The Labute approximate surface area is 230 Å². The van der Waals surface area contributed by atoms with Gasteiger partial charge in [0.25, 0.3) is 5.91 Å². The lowest BCUT2D eigenvalue weighted by atomic mass is 9.69. The van der Waals surface area contributed by atoms with Crippen LogP contribution in [0.15, 0.2) is 60.7 Å². The minimum absolute atomic E-state index is 0.00915. The number of nitrogens with two attached hydrogens (primary N) is 4. The van der Waals surface area contributed by atoms with Crippen LogP contribution in [0, 0.1) is 6.92 Å². The summed E-state index contributed by atoms with van der Waals surface area (Å²) >= 11 is 1.26. The number of Topliss-reactive ketones (excluding diaryl/α,β-unsaturated/α-hetero) is 1. The van der Waals surface area contributed by atoms with Crippen molar-refractivity contribution in [3.8, 4) is 11.5 Å². The van der Waals surface area contributed by atoms with Crippen LogP contribution in [0.1, 0.15) is 57.2 Å². The van der Waals surface area contributed by atoms with Gasteiger partial charge in [-0.3, -0.25) is 9.59 Å². The number of hydrogen-bond donors (Lipinski definition) is 5. The van der Waals surface area contributed by atoms with Gasteiger partial charge in [0.2, 0.25) is 0 Å². The first-order chi connectivity index (χ1) is 18.7. The molecule has 200 valence electrons. The zero-order valence-corrected chi connectivity index (χ0v) is 22.4. The van der Waals surface area contributed by atoms with Crippen molar-refractivity contribution in [2.45, 2.75) is 49.9 Å². The summed E-state index contributed by atoms with van der Waals surface area (Å²) in [7, 11) is 0. The Kier molecular flexibility index (Phi) is 6.19. The van der Waals surface area contributed by atoms with Crippen molar-refractivity contribution >= 4 is 38.8 Å². The largest absolute Gasteiger partial charge is 0.457 e. The van der Waals surface area contributed by atoms with Gasteiger partial charge in [-0.15, -0.1) is 11.3 Å². The van der Waals surface area contributed by atoms with Gasteiger partial charge in [0.05, 0.1) is 15.6 Å². The molecule has 3 aromatic carbocycles. The number of aryl methyl sites for hydroxylation is 1. The van der Waals surface area contributed by atoms with Crippen molar-refractivity contribution in [2.24, 2.45) is 17.2 Å². The molecule has 1 fully saturated rings. The van der Waals surface area contributed by atoms with E-state index in [1.165, 1.54) is 11.3 Å². The molecule has 0 radical (unpaired) electrons. The molecule has 1 aromatic heterocycles. The number of para-hydroxylation sites is 1. The lowest BCUT2D eigenvalue weighted by Gasteiger charge is -2.37. The van der Waals surface area contributed by atoms with E-state index >= 15 is 0 Å². The maximum absolute atomic E-state index is 14.1. The second-order valence-corrected chi connectivity index (χ2v) is 11.6. The SMILES string of the molecule is Cc1cc(Oc2ccccc2)ccc1C1(N)C(=O)C(N)c2c(C(=O)N[C@H]3CC[C@@H](N)C3)sc3c(N)ccc1c23. The zero-order valence-electron chi connectivity index (χ0n) is 21.6. The second kappa shape index (κ2) is 9.46. The van der Waals surface area contributed by atoms with Gasteiger partial charge in [-0.2, -0.15) is 0 Å². The quantitative estimate of drug-likeness (QED) is 0.239. The normalized spacial score (nSPS) is 24.2. The summed E-state index contributed by atoms with van der Waals surface area (Å²) in [6.45, 7) is 1.89. The number of benzene rings is 3. The van der Waals surface area contributed by atoms with Crippen molar-refractivity contribution in [1.82, 2.24) is 5.32 Å². The van der Waals surface area contributed by atoms with Gasteiger partial charge in [0, 0.05) is 28.7 Å². The number of ether oxygens (including phenoxy) is 1. The summed E-state index contributed by atoms with van der Waals surface area (Å²) in [4.78, 5) is 27.9. The Morgan fingerprint density at radius 3 is 2.46 bits per heavy atom. The van der Waals surface area contributed by atoms with Gasteiger partial charge >= 0.3 is 0 Å². The van der Waals surface area contributed by atoms with Crippen molar-refractivity contribution < 1.29 is 14.3 Å². The van der Waals surface area contributed by atoms with Gasteiger partial charge in [0.1, 0.15) is 17.0 Å². The summed E-state index contributed by atoms with van der Waals surface area (Å²) in [6.07, 6.45) is 2.41. The van der Waals surface area contributed by atoms with Crippen LogP contribution < -0.4 is 33.0 Å². The maximum atomic E-state index is 14.1. The fraction of sp³-hybridized carbons (Fsp3) is 0.267. The topological polar surface area (TPSA) is 159 Å². The van der Waals surface area contributed by atoms with Gasteiger partial charge < -0.3 is 33.0 Å². The molecule has 39 heavy (non-hydrogen) atoms. The summed E-state index contributed by atoms with van der Waals surface area (Å²) in [5.41, 5.74) is 27.6. The molecule has 0 saturated heterocycles. The number of nitrogens with one attached hydrogen (secondary N) is 1. The van der Waals surface area contributed by atoms with Crippen molar-refractivity contribution in [3.63, 3.8) is 0 Å². The number of rotatable bonds is 5. The first-order valence-electron chi connectivity index (χ1n) is 13.0. The fourth-order valence-electron chi connectivity index (χ4n) is 5.99. The first kappa shape index (κ1) is 25.5. The molecule has 9 N–H and O–H groups in total. The number of anilines is 1. The number of amides is 1. The first-order valence-corrected chi connectivity index (χ1v) is 13.8. The molecule has 9 heteroatoms. The highest BCUT2D eigenvalue weighted by Crippen LogP contribution is 2.50. The van der Waals surface area contributed by atoms with E-state index in [9.17, 15) is 9.59 Å². The van der Waals surface area contributed by atoms with Crippen LogP contribution in [0.3, 0.4) is 0 Å². The van der Waals surface area contributed by atoms with Crippen LogP contribution in [-0.4, -0.2) is 23.8 Å². The molecular weight excluding hydrogens is 510 g/mol. The highest BCUT2D eigenvalue weighted by Gasteiger charge is 2.49. The Morgan fingerprint density at radius 1 is 1.03 bits per heavy atom. The summed E-state index contributed by atoms with van der Waals surface area (Å²) < 4.78 is 6.69. The molecule has 2 aliphatic rings. The molecule has 4 aromatic rings. The third-order valence-electron chi connectivity index (χ3n) is 7.93. The average Bonchev–Trinajstić information content (AvgIpc) is 3.52. The van der Waals surface area contributed by atoms with Crippen molar-refractivity contribution in [2.75, 3.05) is 5.73 Å². The molecule has 8 nitrogen and oxygen atoms in total. The van der Waals surface area contributed by atoms with Crippen molar-refractivity contribution in [3.05, 3.63) is 87.8 Å². The van der Waals surface area contributed by atoms with E-state index < -0.39 is 11.6 Å². The van der Waals surface area contributed by atoms with Crippen LogP contribution >= 0.6 is 11.3 Å². The van der Waals surface area contributed by atoms with Crippen LogP contribution in [0.5, 0.6) is 11.5 Å². The predicted octanol–water partition coefficient (Wildman–Crippen LogP) is 3.98. The third kappa shape index (κ3) is 4.09. The molecule has 1 amide bonds. The van der Waals surface area contributed by atoms with Gasteiger partial charge in [0.15, 0.2) is 5.78 Å². The molecule has 4 atom stereocenters. The van der Waals surface area contributed by atoms with Crippen LogP contribution in [-0.2, 0) is 10.3 Å². The Morgan fingerprint density at radius 2 is 1.77 bits per heavy atom. The van der Waals surface area contributed by atoms with Gasteiger partial charge in [-0.05, 0) is 73.2 Å². The maximum Gasteiger partial charge on any atom is 0.261 e. The van der Waals surface area contributed by atoms with E-state index in [0.717, 1.165) is 24.8 Å². The standard InChI is InChI=1S/C30H31N5O3S/c1-15-13-19(38-18-5-3-2-4-6-18)9-10-20(15)30(34)21-11-12-22(32)26-23(21)24(25(33)28(30)36)27(39-26)29(37)35-17-8-7-16(31)14-17/h2-6,9-13,16-17,25H,7-8,14,31-34H2,1H3,(H,35,37)/t16-,17+,25?,30?/m1/s1. The van der Waals surface area contributed by atoms with Gasteiger partial charge in [-0.1, -0.05) is 30.3 Å². The second-order valence-electron chi connectivity index (χ2n) is 10.5. The highest BCUT2D eigenvalue weighted by atomic mass is 32.1. The number of carbonyl (C=O) groups is 2. The predicted molar refractivity (Wildman–Crippen MR) is 154 cm³/mol. The molecule has 0 aliphatic heterocycles. The summed E-state index contributed by atoms with van der Waals surface area (Å²) in [5.74, 6) is 0.692. The number of nitrogen functional groups attached to an aromatic ring is 1. The monoisotopic (exact) mass is 541 g/mol. The van der Waals surface area contributed by atoms with E-state index in [-0.39, 0.29) is 23.8 Å². The minimum atomic E-state index is -1.53. The Hall–Kier alpha value is -3.76. The van der Waals surface area contributed by atoms with E-state index in [1.807, 2.05) is 49.4 Å². The number of ketones is 1. The van der Waals surface area contributed by atoms with E-state index in [2.05, 4.69) is 5.32 Å². The number of hydrogen-bond acceptors (Lipinski definition) is 8. The van der Waals surface area contributed by atoms with Crippen molar-refractivity contribution in [1.29, 1.82) is 0 Å². The zero-order chi connectivity index (χ0) is 27.5. The molecule has 2 aliphatic carbocycles. The Balaban J connectivity index is 1.45. The molecule has 1 heterocycles.